The zero-order valence-electron chi connectivity index (χ0n) is 27.4. The number of rotatable bonds is 6. The normalized spacial score (nSPS) is 28.0. The summed E-state index contributed by atoms with van der Waals surface area (Å²) < 4.78 is 80.4. The van der Waals surface area contributed by atoms with Crippen molar-refractivity contribution < 1.29 is 36.6 Å². The van der Waals surface area contributed by atoms with Gasteiger partial charge in [-0.3, -0.25) is 14.7 Å². The van der Waals surface area contributed by atoms with E-state index in [1.165, 1.54) is 30.5 Å². The predicted octanol–water partition coefficient (Wildman–Crippen LogP) is 5.60. The summed E-state index contributed by atoms with van der Waals surface area (Å²) in [5.41, 5.74) is -0.993. The zero-order valence-corrected chi connectivity index (χ0v) is 27.4. The Hall–Kier alpha value is -4.77. The second-order valence-corrected chi connectivity index (χ2v) is 14.6. The second-order valence-electron chi connectivity index (χ2n) is 14.6. The number of ether oxygens (including phenoxy) is 1. The second kappa shape index (κ2) is 11.4. The molecule has 9 rings (SSSR count). The Morgan fingerprint density at radius 1 is 1.10 bits per heavy atom. The van der Waals surface area contributed by atoms with E-state index in [-0.39, 0.29) is 76.7 Å². The lowest BCUT2D eigenvalue weighted by atomic mass is 9.95. The van der Waals surface area contributed by atoms with E-state index in [1.807, 2.05) is 4.90 Å². The van der Waals surface area contributed by atoms with Crippen LogP contribution in [0.5, 0.6) is 11.8 Å². The molecule has 5 aliphatic rings. The third-order valence-electron chi connectivity index (χ3n) is 11.5. The number of halogens is 5. The summed E-state index contributed by atoms with van der Waals surface area (Å²) >= 11 is 0. The molecule has 4 saturated heterocycles. The van der Waals surface area contributed by atoms with Crippen LogP contribution in [0.2, 0.25) is 0 Å². The lowest BCUT2D eigenvalue weighted by Gasteiger charge is -2.42. The highest BCUT2D eigenvalue weighted by molar-refractivity contribution is 6.03. The number of aromatic hydroxyl groups is 1. The molecule has 5 fully saturated rings. The van der Waals surface area contributed by atoms with Gasteiger partial charge >= 0.3 is 6.01 Å². The third-order valence-corrected chi connectivity index (χ3v) is 11.5. The molecule has 3 unspecified atom stereocenters. The number of pyridine rings is 1. The summed E-state index contributed by atoms with van der Waals surface area (Å²) in [6.07, 6.45) is 8.79. The Labute approximate surface area is 289 Å². The van der Waals surface area contributed by atoms with Gasteiger partial charge in [0.2, 0.25) is 5.91 Å². The van der Waals surface area contributed by atoms with Gasteiger partial charge in [0.15, 0.2) is 5.82 Å². The van der Waals surface area contributed by atoms with Crippen molar-refractivity contribution in [3.8, 4) is 35.4 Å². The number of benzene rings is 2. The maximum absolute atomic E-state index is 17.0. The molecule has 0 radical (unpaired) electrons. The minimum Gasteiger partial charge on any atom is -0.508 e. The molecule has 2 bridgehead atoms. The average Bonchev–Trinajstić information content (AvgIpc) is 3.29. The first-order valence-corrected chi connectivity index (χ1v) is 17.2. The van der Waals surface area contributed by atoms with Crippen molar-refractivity contribution in [1.29, 1.82) is 0 Å². The van der Waals surface area contributed by atoms with Crippen LogP contribution in [0.1, 0.15) is 44.1 Å². The highest BCUT2D eigenvalue weighted by Gasteiger charge is 2.64. The highest BCUT2D eigenvalue weighted by Crippen LogP contribution is 2.51. The van der Waals surface area contributed by atoms with E-state index in [0.29, 0.717) is 37.0 Å². The van der Waals surface area contributed by atoms with E-state index < -0.39 is 47.5 Å². The van der Waals surface area contributed by atoms with Gasteiger partial charge in [-0.05, 0) is 55.8 Å². The molecule has 6 heterocycles. The summed E-state index contributed by atoms with van der Waals surface area (Å²) in [6, 6.07) is 4.42. The number of hydrogen-bond acceptors (Lipinski definition) is 8. The van der Waals surface area contributed by atoms with E-state index in [4.69, 9.17) is 16.1 Å². The van der Waals surface area contributed by atoms with E-state index in [9.17, 15) is 27.5 Å². The van der Waals surface area contributed by atoms with Crippen LogP contribution < -0.4 is 9.64 Å². The van der Waals surface area contributed by atoms with Crippen molar-refractivity contribution in [2.24, 2.45) is 5.92 Å². The molecular formula is C37H33F5N6O3. The van der Waals surface area contributed by atoms with E-state index in [2.05, 4.69) is 20.8 Å². The van der Waals surface area contributed by atoms with Gasteiger partial charge in [-0.1, -0.05) is 12.0 Å². The molecule has 1 aliphatic carbocycles. The quantitative estimate of drug-likeness (QED) is 0.205. The number of amides is 1. The van der Waals surface area contributed by atoms with Gasteiger partial charge in [-0.15, -0.1) is 6.42 Å². The lowest BCUT2D eigenvalue weighted by molar-refractivity contribution is -0.138. The largest absolute Gasteiger partial charge is 0.508 e. The molecule has 4 aliphatic heterocycles. The smallest absolute Gasteiger partial charge is 0.319 e. The molecule has 51 heavy (non-hydrogen) atoms. The van der Waals surface area contributed by atoms with Crippen molar-refractivity contribution >= 4 is 33.4 Å². The number of phenols is 1. The number of nitrogens with zero attached hydrogens (tertiary/aromatic N) is 6. The molecular weight excluding hydrogens is 671 g/mol. The maximum Gasteiger partial charge on any atom is 0.319 e. The van der Waals surface area contributed by atoms with Crippen LogP contribution >= 0.6 is 0 Å². The summed E-state index contributed by atoms with van der Waals surface area (Å²) in [6.45, 7) is 1.67. The SMILES string of the molecule is C#Cc1c(F)ccc2cc(O)cc(-c3ncc4c(N5CC6CCC(C5)N6C(=O)C5CC5(F)F)nc(OC[C@@]56CCCN5C[C@H](F)C6)nc4c3F)c12. The number of carbonyl (C=O) groups is 1. The van der Waals surface area contributed by atoms with Gasteiger partial charge in [0, 0.05) is 61.7 Å². The van der Waals surface area contributed by atoms with Gasteiger partial charge in [0.25, 0.3) is 5.92 Å². The molecule has 2 aromatic heterocycles. The fraction of sp³-hybridized carbons (Fsp3) is 0.459. The number of alkyl halides is 3. The number of terminal acetylenes is 1. The van der Waals surface area contributed by atoms with Crippen LogP contribution in [-0.4, -0.2) is 98.3 Å². The molecule has 9 nitrogen and oxygen atoms in total. The standard InChI is InChI=1S/C37H33F5N6O3/c1-2-24-28(39)7-4-19-10-23(49)11-25(29(19)24)31-30(40)32-26(14-43-31)33(45-35(44-32)51-18-36-8-3-9-47(36)15-20(38)12-36)46-16-21-5-6-22(17-46)48(21)34(50)27-13-37(27,41)42/h1,4,7,10-11,14,20-22,27,49H,3,5-6,8-9,12-13,15-18H2/t20-,21?,22?,27?,36+/m1/s1. The lowest BCUT2D eigenvalue weighted by Crippen LogP contribution is -2.56. The van der Waals surface area contributed by atoms with Crippen LogP contribution in [-0.2, 0) is 4.79 Å². The molecule has 14 heteroatoms. The predicted molar refractivity (Wildman–Crippen MR) is 177 cm³/mol. The summed E-state index contributed by atoms with van der Waals surface area (Å²) in [5.74, 6) is -3.99. The molecule has 2 aromatic carbocycles. The summed E-state index contributed by atoms with van der Waals surface area (Å²) in [7, 11) is 0. The van der Waals surface area contributed by atoms with Gasteiger partial charge in [-0.2, -0.15) is 9.97 Å². The van der Waals surface area contributed by atoms with Gasteiger partial charge in [-0.25, -0.2) is 22.0 Å². The molecule has 0 spiro atoms. The number of phenolic OH excluding ortho intramolecular Hbond substituents is 1. The number of fused-ring (bicyclic) bond motifs is 5. The molecule has 1 N–H and O–H groups in total. The molecule has 1 amide bonds. The molecule has 264 valence electrons. The van der Waals surface area contributed by atoms with Crippen molar-refractivity contribution in [2.75, 3.05) is 37.7 Å². The zero-order chi connectivity index (χ0) is 35.4. The van der Waals surface area contributed by atoms with Crippen LogP contribution in [0.4, 0.5) is 27.8 Å². The van der Waals surface area contributed by atoms with Gasteiger partial charge < -0.3 is 19.6 Å². The number of anilines is 1. The Kier molecular flexibility index (Phi) is 7.17. The van der Waals surface area contributed by atoms with Gasteiger partial charge in [0.1, 0.15) is 47.3 Å². The average molecular weight is 705 g/mol. The van der Waals surface area contributed by atoms with E-state index in [0.717, 1.165) is 19.4 Å². The topological polar surface area (TPSA) is 94.9 Å². The Bertz CT molecular complexity index is 2160. The minimum atomic E-state index is -2.98. The summed E-state index contributed by atoms with van der Waals surface area (Å²) in [5, 5.41) is 11.4. The number of aromatic nitrogens is 3. The van der Waals surface area contributed by atoms with Crippen molar-refractivity contribution in [1.82, 2.24) is 24.8 Å². The first-order valence-electron chi connectivity index (χ1n) is 17.2. The Morgan fingerprint density at radius 3 is 2.59 bits per heavy atom. The first kappa shape index (κ1) is 32.2. The van der Waals surface area contributed by atoms with Crippen LogP contribution in [0.25, 0.3) is 32.9 Å². The minimum absolute atomic E-state index is 0.0574. The Morgan fingerprint density at radius 2 is 1.86 bits per heavy atom. The van der Waals surface area contributed by atoms with Crippen LogP contribution in [0.15, 0.2) is 30.5 Å². The summed E-state index contributed by atoms with van der Waals surface area (Å²) in [4.78, 5) is 32.3. The van der Waals surface area contributed by atoms with Crippen LogP contribution in [0.3, 0.4) is 0 Å². The fourth-order valence-corrected chi connectivity index (χ4v) is 9.01. The molecule has 4 aromatic rings. The maximum atomic E-state index is 17.0. The molecule has 5 atom stereocenters. The van der Waals surface area contributed by atoms with Gasteiger partial charge in [0.05, 0.1) is 16.5 Å². The fourth-order valence-electron chi connectivity index (χ4n) is 9.01. The number of hydrogen-bond donors (Lipinski definition) is 1. The monoisotopic (exact) mass is 704 g/mol. The number of piperazine rings is 1. The molecule has 1 saturated carbocycles. The van der Waals surface area contributed by atoms with Crippen molar-refractivity contribution in [2.45, 2.75) is 68.2 Å². The van der Waals surface area contributed by atoms with Crippen molar-refractivity contribution in [3.63, 3.8) is 0 Å². The van der Waals surface area contributed by atoms with Crippen LogP contribution in [0, 0.1) is 29.9 Å². The number of carbonyl (C=O) groups excluding carboxylic acids is 1. The Balaban J connectivity index is 1.14. The van der Waals surface area contributed by atoms with E-state index >= 15 is 4.39 Å². The third kappa shape index (κ3) is 5.06. The highest BCUT2D eigenvalue weighted by atomic mass is 19.3. The van der Waals surface area contributed by atoms with E-state index in [1.54, 1.807) is 4.90 Å². The van der Waals surface area contributed by atoms with Crippen molar-refractivity contribution in [3.05, 3.63) is 47.7 Å². The first-order chi connectivity index (χ1) is 24.5.